The Morgan fingerprint density at radius 1 is 1.15 bits per heavy atom. The lowest BCUT2D eigenvalue weighted by Crippen LogP contribution is -2.50. The number of benzene rings is 1. The molecule has 0 radical (unpaired) electrons. The minimum absolute atomic E-state index is 0.281. The lowest BCUT2D eigenvalue weighted by atomic mass is 10.1. The molecule has 0 aromatic heterocycles. The van der Waals surface area contributed by atoms with E-state index in [0.717, 1.165) is 18.4 Å². The van der Waals surface area contributed by atoms with Crippen LogP contribution in [0.3, 0.4) is 0 Å². The first-order chi connectivity index (χ1) is 9.52. The number of nitrogens with zero attached hydrogens (tertiary/aromatic N) is 1. The monoisotopic (exact) mass is 297 g/mol. The van der Waals surface area contributed by atoms with Crippen LogP contribution < -0.4 is 0 Å². The van der Waals surface area contributed by atoms with Crippen LogP contribution in [0.2, 0.25) is 0 Å². The van der Waals surface area contributed by atoms with E-state index in [1.807, 2.05) is 19.1 Å². The fourth-order valence-electron chi connectivity index (χ4n) is 2.75. The van der Waals surface area contributed by atoms with Crippen molar-refractivity contribution in [1.82, 2.24) is 4.31 Å². The van der Waals surface area contributed by atoms with Crippen LogP contribution in [0.5, 0.6) is 0 Å². The summed E-state index contributed by atoms with van der Waals surface area (Å²) in [7, 11) is -3.47. The van der Waals surface area contributed by atoms with Crippen LogP contribution in [0.4, 0.5) is 0 Å². The van der Waals surface area contributed by atoms with Gasteiger partial charge in [0.15, 0.2) is 5.79 Å². The fraction of sp³-hybridized carbons (Fsp3) is 0.571. The second-order valence-electron chi connectivity index (χ2n) is 5.36. The molecule has 2 aliphatic rings. The minimum atomic E-state index is -3.47. The summed E-state index contributed by atoms with van der Waals surface area (Å²) in [6.07, 6.45) is 1.51. The minimum Gasteiger partial charge on any atom is -0.346 e. The van der Waals surface area contributed by atoms with Gasteiger partial charge in [-0.25, -0.2) is 8.42 Å². The van der Waals surface area contributed by atoms with Gasteiger partial charge in [0, 0.05) is 13.0 Å². The van der Waals surface area contributed by atoms with Crippen molar-refractivity contribution in [3.8, 4) is 0 Å². The number of ether oxygens (including phenoxy) is 2. The molecular formula is C14H19NO4S. The van der Waals surface area contributed by atoms with Gasteiger partial charge in [-0.3, -0.25) is 0 Å². The highest BCUT2D eigenvalue weighted by atomic mass is 32.2. The lowest BCUT2D eigenvalue weighted by Gasteiger charge is -2.37. The summed E-state index contributed by atoms with van der Waals surface area (Å²) in [5, 5.41) is 0. The van der Waals surface area contributed by atoms with Crippen LogP contribution in [0, 0.1) is 6.92 Å². The smallest absolute Gasteiger partial charge is 0.243 e. The quantitative estimate of drug-likeness (QED) is 0.830. The first-order valence-corrected chi connectivity index (χ1v) is 8.31. The molecule has 3 rings (SSSR count). The standard InChI is InChI=1S/C14H19NO4S/c1-12-3-5-13(6-4-12)20(16,17)15-8-2-7-14(11-15)18-9-10-19-14/h3-6H,2,7-11H2,1H3. The average molecular weight is 297 g/mol. The van der Waals surface area contributed by atoms with Gasteiger partial charge in [0.1, 0.15) is 0 Å². The van der Waals surface area contributed by atoms with Gasteiger partial charge in [0.05, 0.1) is 24.7 Å². The third-order valence-electron chi connectivity index (χ3n) is 3.85. The molecule has 0 unspecified atom stereocenters. The third kappa shape index (κ3) is 2.48. The fourth-order valence-corrected chi connectivity index (χ4v) is 4.26. The summed E-state index contributed by atoms with van der Waals surface area (Å²) in [6.45, 7) is 3.82. The molecule has 0 bridgehead atoms. The summed E-state index contributed by atoms with van der Waals surface area (Å²) in [6, 6.07) is 6.94. The summed E-state index contributed by atoms with van der Waals surface area (Å²) in [5.74, 6) is -0.726. The van der Waals surface area contributed by atoms with E-state index in [9.17, 15) is 8.42 Å². The summed E-state index contributed by atoms with van der Waals surface area (Å²) >= 11 is 0. The molecule has 0 N–H and O–H groups in total. The van der Waals surface area contributed by atoms with Crippen molar-refractivity contribution >= 4 is 10.0 Å². The Hall–Kier alpha value is -0.950. The van der Waals surface area contributed by atoms with E-state index in [0.29, 0.717) is 24.7 Å². The molecule has 20 heavy (non-hydrogen) atoms. The van der Waals surface area contributed by atoms with E-state index < -0.39 is 15.8 Å². The Morgan fingerprint density at radius 3 is 2.45 bits per heavy atom. The number of aryl methyl sites for hydroxylation is 1. The van der Waals surface area contributed by atoms with Crippen LogP contribution in [-0.2, 0) is 19.5 Å². The molecule has 0 aliphatic carbocycles. The molecule has 2 aliphatic heterocycles. The van der Waals surface area contributed by atoms with E-state index in [2.05, 4.69) is 0 Å². The van der Waals surface area contributed by atoms with Gasteiger partial charge in [0.25, 0.3) is 0 Å². The first kappa shape index (κ1) is 14.0. The van der Waals surface area contributed by atoms with Crippen LogP contribution in [-0.4, -0.2) is 44.8 Å². The Morgan fingerprint density at radius 2 is 1.80 bits per heavy atom. The Kier molecular flexibility index (Phi) is 3.58. The average Bonchev–Trinajstić information content (AvgIpc) is 2.87. The highest BCUT2D eigenvalue weighted by Gasteiger charge is 2.44. The van der Waals surface area contributed by atoms with Gasteiger partial charge in [-0.05, 0) is 25.5 Å². The molecule has 1 aromatic carbocycles. The van der Waals surface area contributed by atoms with Gasteiger partial charge in [-0.1, -0.05) is 17.7 Å². The summed E-state index contributed by atoms with van der Waals surface area (Å²) in [4.78, 5) is 0.332. The zero-order valence-corrected chi connectivity index (χ0v) is 12.4. The molecule has 6 heteroatoms. The molecule has 5 nitrogen and oxygen atoms in total. The SMILES string of the molecule is Cc1ccc(S(=O)(=O)N2CCCC3(C2)OCCO3)cc1. The highest BCUT2D eigenvalue weighted by molar-refractivity contribution is 7.89. The Balaban J connectivity index is 1.85. The molecule has 1 spiro atoms. The second kappa shape index (κ2) is 5.11. The van der Waals surface area contributed by atoms with Crippen molar-refractivity contribution in [2.24, 2.45) is 0 Å². The molecule has 0 amide bonds. The third-order valence-corrected chi connectivity index (χ3v) is 5.71. The number of hydrogen-bond donors (Lipinski definition) is 0. The van der Waals surface area contributed by atoms with Crippen LogP contribution >= 0.6 is 0 Å². The van der Waals surface area contributed by atoms with Crippen molar-refractivity contribution in [2.75, 3.05) is 26.3 Å². The van der Waals surface area contributed by atoms with Crippen molar-refractivity contribution in [1.29, 1.82) is 0 Å². The van der Waals surface area contributed by atoms with E-state index in [1.165, 1.54) is 4.31 Å². The van der Waals surface area contributed by atoms with Crippen molar-refractivity contribution in [2.45, 2.75) is 30.4 Å². The lowest BCUT2D eigenvalue weighted by molar-refractivity contribution is -0.179. The maximum absolute atomic E-state index is 12.7. The highest BCUT2D eigenvalue weighted by Crippen LogP contribution is 2.32. The number of rotatable bonds is 2. The Bertz CT molecular complexity index is 576. The first-order valence-electron chi connectivity index (χ1n) is 6.87. The molecule has 2 heterocycles. The van der Waals surface area contributed by atoms with E-state index in [4.69, 9.17) is 9.47 Å². The molecular weight excluding hydrogens is 278 g/mol. The summed E-state index contributed by atoms with van der Waals surface area (Å²) in [5.41, 5.74) is 1.04. The van der Waals surface area contributed by atoms with Gasteiger partial charge in [-0.2, -0.15) is 4.31 Å². The van der Waals surface area contributed by atoms with Crippen molar-refractivity contribution < 1.29 is 17.9 Å². The van der Waals surface area contributed by atoms with Gasteiger partial charge in [-0.15, -0.1) is 0 Å². The molecule has 2 saturated heterocycles. The molecule has 2 fully saturated rings. The van der Waals surface area contributed by atoms with E-state index in [-0.39, 0.29) is 6.54 Å². The van der Waals surface area contributed by atoms with Gasteiger partial charge >= 0.3 is 0 Å². The van der Waals surface area contributed by atoms with Crippen molar-refractivity contribution in [3.63, 3.8) is 0 Å². The van der Waals surface area contributed by atoms with E-state index in [1.54, 1.807) is 12.1 Å². The Labute approximate surface area is 119 Å². The van der Waals surface area contributed by atoms with Gasteiger partial charge in [0.2, 0.25) is 10.0 Å². The number of hydrogen-bond acceptors (Lipinski definition) is 4. The summed E-state index contributed by atoms with van der Waals surface area (Å²) < 4.78 is 38.1. The predicted octanol–water partition coefficient (Wildman–Crippen LogP) is 1.52. The van der Waals surface area contributed by atoms with Crippen molar-refractivity contribution in [3.05, 3.63) is 29.8 Å². The maximum atomic E-state index is 12.7. The largest absolute Gasteiger partial charge is 0.346 e. The molecule has 1 aromatic rings. The van der Waals surface area contributed by atoms with Gasteiger partial charge < -0.3 is 9.47 Å². The van der Waals surface area contributed by atoms with Crippen LogP contribution in [0.25, 0.3) is 0 Å². The predicted molar refractivity (Wildman–Crippen MR) is 73.8 cm³/mol. The number of piperidine rings is 1. The van der Waals surface area contributed by atoms with Crippen LogP contribution in [0.1, 0.15) is 18.4 Å². The number of sulfonamides is 1. The zero-order chi connectivity index (χ0) is 14.2. The molecule has 0 atom stereocenters. The topological polar surface area (TPSA) is 55.8 Å². The molecule has 110 valence electrons. The molecule has 0 saturated carbocycles. The second-order valence-corrected chi connectivity index (χ2v) is 7.30. The van der Waals surface area contributed by atoms with E-state index >= 15 is 0 Å². The normalized spacial score (nSPS) is 23.2. The van der Waals surface area contributed by atoms with Crippen LogP contribution in [0.15, 0.2) is 29.2 Å². The zero-order valence-electron chi connectivity index (χ0n) is 11.5. The maximum Gasteiger partial charge on any atom is 0.243 e.